The number of hydrogen-bond acceptors (Lipinski definition) is 1. The van der Waals surface area contributed by atoms with E-state index >= 15 is 0 Å². The smallest absolute Gasteiger partial charge is 0.192 e. The maximum absolute atomic E-state index is 6.20. The van der Waals surface area contributed by atoms with Gasteiger partial charge in [0.25, 0.3) is 0 Å². The molecule has 0 aliphatic heterocycles. The third-order valence-corrected chi connectivity index (χ3v) is 8.13. The van der Waals surface area contributed by atoms with Crippen molar-refractivity contribution in [2.24, 2.45) is 0 Å². The number of aryl methyl sites for hydroxylation is 1. The molecule has 0 bridgehead atoms. The van der Waals surface area contributed by atoms with E-state index in [0.717, 1.165) is 6.61 Å². The van der Waals surface area contributed by atoms with E-state index in [1.807, 2.05) is 0 Å². The fourth-order valence-corrected chi connectivity index (χ4v) is 2.20. The Hall–Kier alpha value is -0.603. The molecule has 1 nitrogen and oxygen atoms in total. The van der Waals surface area contributed by atoms with E-state index in [4.69, 9.17) is 4.43 Å². The van der Waals surface area contributed by atoms with Gasteiger partial charge in [0.2, 0.25) is 0 Å². The Morgan fingerprint density at radius 2 is 1.69 bits per heavy atom. The summed E-state index contributed by atoms with van der Waals surface area (Å²) in [6.45, 7) is 14.3. The van der Waals surface area contributed by atoms with Crippen molar-refractivity contribution in [2.75, 3.05) is 0 Å². The van der Waals surface area contributed by atoms with Crippen molar-refractivity contribution in [1.29, 1.82) is 0 Å². The average molecular weight is 236 g/mol. The number of hydrogen-bond donors (Lipinski definition) is 0. The van der Waals surface area contributed by atoms with Crippen LogP contribution in [0.3, 0.4) is 0 Å². The Kier molecular flexibility index (Phi) is 3.97. The van der Waals surface area contributed by atoms with Crippen molar-refractivity contribution in [3.05, 3.63) is 35.4 Å². The lowest BCUT2D eigenvalue weighted by molar-refractivity contribution is 0.275. The van der Waals surface area contributed by atoms with Gasteiger partial charge in [0, 0.05) is 0 Å². The average Bonchev–Trinajstić information content (AvgIpc) is 2.15. The maximum atomic E-state index is 6.20. The van der Waals surface area contributed by atoms with Gasteiger partial charge in [-0.1, -0.05) is 45.0 Å². The molecule has 0 radical (unpaired) electrons. The molecule has 0 saturated heterocycles. The van der Waals surface area contributed by atoms with Gasteiger partial charge < -0.3 is 4.43 Å². The molecular weight excluding hydrogens is 212 g/mol. The van der Waals surface area contributed by atoms with Crippen LogP contribution in [-0.2, 0) is 11.0 Å². The molecule has 0 amide bonds. The second-order valence-electron chi connectivity index (χ2n) is 5.98. The highest BCUT2D eigenvalue weighted by Crippen LogP contribution is 2.37. The summed E-state index contributed by atoms with van der Waals surface area (Å²) in [5.74, 6) is 0. The van der Waals surface area contributed by atoms with Crippen LogP contribution in [0.2, 0.25) is 18.1 Å². The highest BCUT2D eigenvalue weighted by molar-refractivity contribution is 6.74. The molecule has 0 atom stereocenters. The maximum Gasteiger partial charge on any atom is 0.192 e. The molecule has 2 heteroatoms. The Morgan fingerprint density at radius 1 is 1.12 bits per heavy atom. The van der Waals surface area contributed by atoms with Crippen LogP contribution in [0, 0.1) is 6.92 Å². The molecule has 1 aromatic rings. The summed E-state index contributed by atoms with van der Waals surface area (Å²) in [5, 5.41) is 0.287. The Morgan fingerprint density at radius 3 is 2.19 bits per heavy atom. The highest BCUT2D eigenvalue weighted by atomic mass is 28.4. The van der Waals surface area contributed by atoms with E-state index in [-0.39, 0.29) is 5.04 Å². The van der Waals surface area contributed by atoms with Crippen molar-refractivity contribution in [3.8, 4) is 0 Å². The van der Waals surface area contributed by atoms with E-state index in [9.17, 15) is 0 Å². The van der Waals surface area contributed by atoms with Gasteiger partial charge in [-0.05, 0) is 36.2 Å². The fourth-order valence-electron chi connectivity index (χ4n) is 1.25. The predicted molar refractivity (Wildman–Crippen MR) is 73.2 cm³/mol. The van der Waals surface area contributed by atoms with Crippen molar-refractivity contribution in [3.63, 3.8) is 0 Å². The van der Waals surface area contributed by atoms with Crippen LogP contribution in [0.1, 0.15) is 31.9 Å². The summed E-state index contributed by atoms with van der Waals surface area (Å²) in [6, 6.07) is 8.45. The molecule has 0 aliphatic rings. The lowest BCUT2D eigenvalue weighted by Gasteiger charge is -2.36. The van der Waals surface area contributed by atoms with Gasteiger partial charge in [-0.25, -0.2) is 0 Å². The molecule has 0 N–H and O–H groups in total. The zero-order chi connectivity index (χ0) is 12.4. The first-order valence-corrected chi connectivity index (χ1v) is 8.83. The Balaban J connectivity index is 2.69. The zero-order valence-electron chi connectivity index (χ0n) is 11.4. The molecule has 90 valence electrons. The summed E-state index contributed by atoms with van der Waals surface area (Å²) in [5.41, 5.74) is 2.63. The molecule has 1 aromatic carbocycles. The summed E-state index contributed by atoms with van der Waals surface area (Å²) in [6.07, 6.45) is 0. The van der Waals surface area contributed by atoms with Crippen molar-refractivity contribution >= 4 is 8.32 Å². The van der Waals surface area contributed by atoms with Crippen LogP contribution in [-0.4, -0.2) is 8.32 Å². The van der Waals surface area contributed by atoms with Crippen LogP contribution in [0.25, 0.3) is 0 Å². The molecule has 0 spiro atoms. The van der Waals surface area contributed by atoms with Gasteiger partial charge in [0.05, 0.1) is 6.61 Å². The summed E-state index contributed by atoms with van der Waals surface area (Å²) >= 11 is 0. The van der Waals surface area contributed by atoms with E-state index in [1.54, 1.807) is 0 Å². The third-order valence-electron chi connectivity index (χ3n) is 3.66. The van der Waals surface area contributed by atoms with E-state index in [0.29, 0.717) is 0 Å². The lowest BCUT2D eigenvalue weighted by atomic mass is 10.1. The normalized spacial score (nSPS) is 12.9. The van der Waals surface area contributed by atoms with Crippen molar-refractivity contribution < 1.29 is 4.43 Å². The number of rotatable bonds is 3. The minimum atomic E-state index is -1.61. The van der Waals surface area contributed by atoms with Crippen molar-refractivity contribution in [1.82, 2.24) is 0 Å². The minimum Gasteiger partial charge on any atom is -0.413 e. The fraction of sp³-hybridized carbons (Fsp3) is 0.571. The topological polar surface area (TPSA) is 9.23 Å². The molecule has 0 aromatic heterocycles. The van der Waals surface area contributed by atoms with Crippen molar-refractivity contribution in [2.45, 2.75) is 52.4 Å². The van der Waals surface area contributed by atoms with Gasteiger partial charge >= 0.3 is 0 Å². The van der Waals surface area contributed by atoms with Crippen LogP contribution < -0.4 is 0 Å². The van der Waals surface area contributed by atoms with Gasteiger partial charge in [-0.3, -0.25) is 0 Å². The molecular formula is C14H24OSi. The van der Waals surface area contributed by atoms with Gasteiger partial charge in [-0.15, -0.1) is 0 Å². The third kappa shape index (κ3) is 3.19. The largest absolute Gasteiger partial charge is 0.413 e. The first-order chi connectivity index (χ1) is 7.24. The van der Waals surface area contributed by atoms with Gasteiger partial charge in [-0.2, -0.15) is 0 Å². The quantitative estimate of drug-likeness (QED) is 0.701. The SMILES string of the molecule is Cc1ccccc1CO[Si](C)(C)C(C)(C)C. The molecule has 0 saturated carbocycles. The van der Waals surface area contributed by atoms with E-state index < -0.39 is 8.32 Å². The monoisotopic (exact) mass is 236 g/mol. The lowest BCUT2D eigenvalue weighted by Crippen LogP contribution is -2.40. The second kappa shape index (κ2) is 4.72. The van der Waals surface area contributed by atoms with E-state index in [2.05, 4.69) is 65.1 Å². The highest BCUT2D eigenvalue weighted by Gasteiger charge is 2.37. The van der Waals surface area contributed by atoms with Gasteiger partial charge in [0.1, 0.15) is 0 Å². The Labute approximate surface area is 101 Å². The van der Waals surface area contributed by atoms with Gasteiger partial charge in [0.15, 0.2) is 8.32 Å². The molecule has 0 unspecified atom stereocenters. The van der Waals surface area contributed by atoms with Crippen LogP contribution in [0.5, 0.6) is 0 Å². The molecule has 1 rings (SSSR count). The zero-order valence-corrected chi connectivity index (χ0v) is 12.4. The predicted octanol–water partition coefficient (Wildman–Crippen LogP) is 4.52. The molecule has 0 heterocycles. The standard InChI is InChI=1S/C14H24OSi/c1-12-9-7-8-10-13(12)11-15-16(5,6)14(2,3)4/h7-10H,11H2,1-6H3. The minimum absolute atomic E-state index is 0.287. The molecule has 0 fully saturated rings. The number of benzene rings is 1. The van der Waals surface area contributed by atoms with Crippen LogP contribution >= 0.6 is 0 Å². The summed E-state index contributed by atoms with van der Waals surface area (Å²) < 4.78 is 6.20. The Bertz CT molecular complexity index is 350. The van der Waals surface area contributed by atoms with Crippen LogP contribution in [0.15, 0.2) is 24.3 Å². The molecule has 0 aliphatic carbocycles. The first-order valence-electron chi connectivity index (χ1n) is 5.92. The van der Waals surface area contributed by atoms with E-state index in [1.165, 1.54) is 11.1 Å². The second-order valence-corrected chi connectivity index (χ2v) is 10.8. The summed E-state index contributed by atoms with van der Waals surface area (Å²) in [4.78, 5) is 0. The first kappa shape index (κ1) is 13.5. The van der Waals surface area contributed by atoms with Crippen LogP contribution in [0.4, 0.5) is 0 Å². The summed E-state index contributed by atoms with van der Waals surface area (Å²) in [7, 11) is -1.61. The molecule has 16 heavy (non-hydrogen) atoms.